The minimum atomic E-state index is -1.43. The molecule has 0 bridgehead atoms. The van der Waals surface area contributed by atoms with Gasteiger partial charge in [0.05, 0.1) is 6.61 Å². The van der Waals surface area contributed by atoms with Gasteiger partial charge in [0.1, 0.15) is 46.4 Å². The van der Waals surface area contributed by atoms with E-state index in [1.54, 1.807) is 74.4 Å². The zero-order valence-corrected chi connectivity index (χ0v) is 32.8. The van der Waals surface area contributed by atoms with Gasteiger partial charge in [0.2, 0.25) is 0 Å². The first-order valence-electron chi connectivity index (χ1n) is 18.2. The largest absolute Gasteiger partial charge is 0.482 e. The van der Waals surface area contributed by atoms with E-state index in [4.69, 9.17) is 37.9 Å². The van der Waals surface area contributed by atoms with E-state index in [-0.39, 0.29) is 26.4 Å². The summed E-state index contributed by atoms with van der Waals surface area (Å²) in [7, 11) is 0. The first-order chi connectivity index (χ1) is 25.8. The summed E-state index contributed by atoms with van der Waals surface area (Å²) >= 11 is 0. The van der Waals surface area contributed by atoms with Gasteiger partial charge < -0.3 is 37.9 Å². The predicted molar refractivity (Wildman–Crippen MR) is 208 cm³/mol. The van der Waals surface area contributed by atoms with Crippen LogP contribution in [-0.2, 0) is 33.3 Å². The number of carbonyl (C=O) groups excluding carboxylic acids is 3. The Labute approximate surface area is 321 Å². The first-order valence-corrected chi connectivity index (χ1v) is 18.2. The fourth-order valence-corrected chi connectivity index (χ4v) is 6.19. The Morgan fingerprint density at radius 1 is 0.582 bits per heavy atom. The highest BCUT2D eigenvalue weighted by molar-refractivity contribution is 5.97. The number of benzene rings is 4. The van der Waals surface area contributed by atoms with Gasteiger partial charge in [0.25, 0.3) is 5.79 Å². The van der Waals surface area contributed by atoms with Gasteiger partial charge in [0.15, 0.2) is 13.2 Å². The topological polar surface area (TPSA) is 125 Å². The van der Waals surface area contributed by atoms with Crippen LogP contribution in [0.25, 0.3) is 33.7 Å². The van der Waals surface area contributed by atoms with Gasteiger partial charge in [0, 0.05) is 22.8 Å². The van der Waals surface area contributed by atoms with Crippen molar-refractivity contribution in [1.82, 2.24) is 0 Å². The molecule has 2 aliphatic rings. The van der Waals surface area contributed by atoms with Crippen molar-refractivity contribution in [3.63, 3.8) is 0 Å². The van der Waals surface area contributed by atoms with Gasteiger partial charge in [-0.25, -0.2) is 14.4 Å². The third-order valence-electron chi connectivity index (χ3n) is 8.20. The zero-order chi connectivity index (χ0) is 39.8. The molecule has 1 unspecified atom stereocenters. The van der Waals surface area contributed by atoms with Crippen molar-refractivity contribution in [2.75, 3.05) is 26.4 Å². The highest BCUT2D eigenvalue weighted by Crippen LogP contribution is 2.46. The number of rotatable bonds is 10. The van der Waals surface area contributed by atoms with Crippen LogP contribution >= 0.6 is 0 Å². The molecule has 4 aromatic carbocycles. The van der Waals surface area contributed by atoms with Crippen LogP contribution < -0.4 is 18.9 Å². The summed E-state index contributed by atoms with van der Waals surface area (Å²) in [5, 5.41) is 3.51. The molecule has 0 saturated heterocycles. The number of carbonyl (C=O) groups is 3. The van der Waals surface area contributed by atoms with Crippen LogP contribution in [0.2, 0.25) is 0 Å². The second-order valence-corrected chi connectivity index (χ2v) is 16.4. The maximum absolute atomic E-state index is 12.6. The molecule has 0 aliphatic carbocycles. The van der Waals surface area contributed by atoms with Gasteiger partial charge in [-0.05, 0) is 132 Å². The number of ether oxygens (including phenoxy) is 8. The van der Waals surface area contributed by atoms with Crippen molar-refractivity contribution >= 4 is 51.6 Å². The lowest BCUT2D eigenvalue weighted by Gasteiger charge is -2.40. The quantitative estimate of drug-likeness (QED) is 0.115. The van der Waals surface area contributed by atoms with Crippen LogP contribution in [0.5, 0.6) is 23.0 Å². The molecule has 0 radical (unpaired) electrons. The molecule has 2 aliphatic heterocycles. The molecule has 0 fully saturated rings. The third-order valence-corrected chi connectivity index (χ3v) is 8.20. The Kier molecular flexibility index (Phi) is 10.6. The van der Waals surface area contributed by atoms with E-state index < -0.39 is 40.5 Å². The number of hydrogen-bond donors (Lipinski definition) is 0. The summed E-state index contributed by atoms with van der Waals surface area (Å²) in [5.41, 5.74) is 0.206. The van der Waals surface area contributed by atoms with Gasteiger partial charge in [-0.1, -0.05) is 24.3 Å². The summed E-state index contributed by atoms with van der Waals surface area (Å²) in [6.07, 6.45) is 5.68. The molecule has 0 saturated carbocycles. The fourth-order valence-electron chi connectivity index (χ4n) is 6.19. The van der Waals surface area contributed by atoms with Gasteiger partial charge in [-0.15, -0.1) is 0 Å². The molecule has 2 heterocycles. The summed E-state index contributed by atoms with van der Waals surface area (Å²) < 4.78 is 47.3. The van der Waals surface area contributed by atoms with Crippen molar-refractivity contribution in [2.24, 2.45) is 0 Å². The summed E-state index contributed by atoms with van der Waals surface area (Å²) in [4.78, 5) is 37.3. The highest BCUT2D eigenvalue weighted by atomic mass is 16.7. The number of esters is 3. The lowest BCUT2D eigenvalue weighted by Crippen LogP contribution is -2.46. The van der Waals surface area contributed by atoms with Crippen molar-refractivity contribution in [3.8, 4) is 23.0 Å². The Morgan fingerprint density at radius 3 is 1.51 bits per heavy atom. The van der Waals surface area contributed by atoms with E-state index in [0.29, 0.717) is 28.6 Å². The molecule has 0 amide bonds. The van der Waals surface area contributed by atoms with E-state index in [0.717, 1.165) is 32.7 Å². The molecule has 11 nitrogen and oxygen atoms in total. The number of fused-ring (bicyclic) bond motifs is 6. The molecule has 1 spiro atoms. The second kappa shape index (κ2) is 14.9. The summed E-state index contributed by atoms with van der Waals surface area (Å²) in [6, 6.07) is 18.7. The molecule has 4 aromatic rings. The van der Waals surface area contributed by atoms with Crippen molar-refractivity contribution in [2.45, 2.75) is 84.9 Å². The molecule has 55 heavy (non-hydrogen) atoms. The third kappa shape index (κ3) is 9.77. The molecule has 1 atom stereocenters. The summed E-state index contributed by atoms with van der Waals surface area (Å²) in [5.74, 6) is -0.806. The second-order valence-electron chi connectivity index (χ2n) is 16.4. The van der Waals surface area contributed by atoms with Crippen LogP contribution in [0, 0.1) is 0 Å². The van der Waals surface area contributed by atoms with Crippen molar-refractivity contribution < 1.29 is 52.3 Å². The highest BCUT2D eigenvalue weighted by Gasteiger charge is 2.43. The Balaban J connectivity index is 1.32. The van der Waals surface area contributed by atoms with E-state index in [1.807, 2.05) is 66.8 Å². The average Bonchev–Trinajstić information content (AvgIpc) is 3.07. The van der Waals surface area contributed by atoms with Crippen LogP contribution in [-0.4, -0.2) is 66.9 Å². The monoisotopic (exact) mass is 752 g/mol. The molecule has 0 aromatic heterocycles. The molecule has 290 valence electrons. The van der Waals surface area contributed by atoms with Gasteiger partial charge >= 0.3 is 17.9 Å². The molecular formula is C44H48O11. The molecule has 11 heteroatoms. The minimum absolute atomic E-state index is 0.0280. The zero-order valence-electron chi connectivity index (χ0n) is 32.8. The molecule has 0 N–H and O–H groups in total. The standard InChI is InChI=1S/C44H48O11/c1-41(2,3)53-38(45)24-48-23-29-20-35-34-22-31(50-26-40(47)55-43(7,8)9)15-11-28(34)13-17-37(35)52-44(29)19-18-32-33-21-30(49-25-39(46)54-42(4,5)6)14-10-27(33)12-16-36(32)51-44/h10-22H,23-26H2,1-9H3. The van der Waals surface area contributed by atoms with E-state index in [2.05, 4.69) is 0 Å². The Hall–Kier alpha value is -5.55. The maximum Gasteiger partial charge on any atom is 0.344 e. The van der Waals surface area contributed by atoms with Crippen LogP contribution in [0.3, 0.4) is 0 Å². The normalized spacial score (nSPS) is 16.3. The van der Waals surface area contributed by atoms with Crippen LogP contribution in [0.1, 0.15) is 73.4 Å². The van der Waals surface area contributed by atoms with Crippen molar-refractivity contribution in [1.29, 1.82) is 0 Å². The van der Waals surface area contributed by atoms with Crippen LogP contribution in [0.4, 0.5) is 0 Å². The Morgan fingerprint density at radius 2 is 1.02 bits per heavy atom. The fraction of sp³-hybridized carbons (Fsp3) is 0.386. The van der Waals surface area contributed by atoms with Gasteiger partial charge in [-0.3, -0.25) is 0 Å². The van der Waals surface area contributed by atoms with E-state index in [9.17, 15) is 14.4 Å². The predicted octanol–water partition coefficient (Wildman–Crippen LogP) is 8.37. The minimum Gasteiger partial charge on any atom is -0.482 e. The molecular weight excluding hydrogens is 704 g/mol. The van der Waals surface area contributed by atoms with Gasteiger partial charge in [-0.2, -0.15) is 0 Å². The lowest BCUT2D eigenvalue weighted by molar-refractivity contribution is -0.160. The number of hydrogen-bond acceptors (Lipinski definition) is 11. The first kappa shape index (κ1) is 39.2. The summed E-state index contributed by atoms with van der Waals surface area (Å²) in [6.45, 7) is 15.4. The van der Waals surface area contributed by atoms with Crippen LogP contribution in [0.15, 0.2) is 72.3 Å². The average molecular weight is 753 g/mol. The smallest absolute Gasteiger partial charge is 0.344 e. The van der Waals surface area contributed by atoms with E-state index in [1.165, 1.54) is 0 Å². The Bertz CT molecular complexity index is 2190. The van der Waals surface area contributed by atoms with E-state index >= 15 is 0 Å². The molecule has 6 rings (SSSR count). The maximum atomic E-state index is 12.6. The van der Waals surface area contributed by atoms with Crippen molar-refractivity contribution in [3.05, 3.63) is 83.4 Å². The SMILES string of the molecule is CC(C)(C)OC(=O)COCC1=Cc2c(ccc3ccc(OCC(=O)OC(C)(C)C)cc23)OC12C=Cc1c(ccc3ccc(OCC(=O)OC(C)(C)C)cc13)O2. The lowest BCUT2D eigenvalue weighted by atomic mass is 9.92.